The Bertz CT molecular complexity index is 1800. The number of benzene rings is 5. The fourth-order valence-electron chi connectivity index (χ4n) is 4.95. The van der Waals surface area contributed by atoms with Crippen molar-refractivity contribution >= 4 is 42.8 Å². The van der Waals surface area contributed by atoms with Crippen molar-refractivity contribution in [3.8, 4) is 43.1 Å². The Balaban J connectivity index is 1.17. The molecule has 0 atom stereocenters. The highest BCUT2D eigenvalue weighted by Crippen LogP contribution is 2.41. The predicted octanol–water partition coefficient (Wildman–Crippen LogP) is 11.3. The lowest BCUT2D eigenvalue weighted by atomic mass is 10.0. The van der Waals surface area contributed by atoms with Gasteiger partial charge in [0.1, 0.15) is 23.3 Å². The molecule has 0 amide bonds. The van der Waals surface area contributed by atoms with E-state index in [1.807, 2.05) is 48.5 Å². The quantitative estimate of drug-likeness (QED) is 0.186. The molecule has 0 fully saturated rings. The third-order valence-electron chi connectivity index (χ3n) is 6.89. The van der Waals surface area contributed by atoms with Gasteiger partial charge >= 0.3 is 0 Å². The van der Waals surface area contributed by atoms with Crippen LogP contribution in [0.1, 0.15) is 0 Å². The van der Waals surface area contributed by atoms with Gasteiger partial charge in [0.15, 0.2) is 0 Å². The summed E-state index contributed by atoms with van der Waals surface area (Å²) < 4.78 is 56.9. The normalized spacial score (nSPS) is 11.5. The van der Waals surface area contributed by atoms with Crippen molar-refractivity contribution < 1.29 is 17.6 Å². The van der Waals surface area contributed by atoms with E-state index in [4.69, 9.17) is 0 Å². The first-order valence-corrected chi connectivity index (χ1v) is 14.1. The second kappa shape index (κ2) is 9.73. The van der Waals surface area contributed by atoms with Gasteiger partial charge in [0.05, 0.1) is 0 Å². The smallest absolute Gasteiger partial charge is 0.126 e. The highest BCUT2D eigenvalue weighted by molar-refractivity contribution is 7.23. The SMILES string of the molecule is Fc1cc(F)cc(-c2ccc(-c3cc4cc5sc(-c6ccc(-c7cc(F)cc(F)c7)cc6)cc5cc4s3)cc2)c1. The number of rotatable bonds is 4. The van der Waals surface area contributed by atoms with Gasteiger partial charge in [-0.15, -0.1) is 22.7 Å². The van der Waals surface area contributed by atoms with Crippen LogP contribution in [0.25, 0.3) is 63.3 Å². The van der Waals surface area contributed by atoms with Gasteiger partial charge in [-0.3, -0.25) is 0 Å². The van der Waals surface area contributed by atoms with E-state index in [1.54, 1.807) is 22.7 Å². The first-order valence-electron chi connectivity index (χ1n) is 12.5. The Morgan fingerprint density at radius 3 is 1.00 bits per heavy atom. The van der Waals surface area contributed by atoms with E-state index in [0.717, 1.165) is 54.9 Å². The van der Waals surface area contributed by atoms with Crippen LogP contribution in [0.2, 0.25) is 0 Å². The van der Waals surface area contributed by atoms with Crippen molar-refractivity contribution in [3.05, 3.63) is 132 Å². The van der Waals surface area contributed by atoms with E-state index in [2.05, 4.69) is 24.3 Å². The topological polar surface area (TPSA) is 0 Å². The Kier molecular flexibility index (Phi) is 6.02. The maximum atomic E-state index is 13.6. The lowest BCUT2D eigenvalue weighted by Gasteiger charge is -2.04. The molecule has 194 valence electrons. The van der Waals surface area contributed by atoms with Gasteiger partial charge in [0.2, 0.25) is 0 Å². The molecule has 7 aromatic rings. The molecule has 0 bridgehead atoms. The fourth-order valence-corrected chi connectivity index (χ4v) is 7.15. The second-order valence-corrected chi connectivity index (χ2v) is 11.8. The predicted molar refractivity (Wildman–Crippen MR) is 159 cm³/mol. The van der Waals surface area contributed by atoms with Crippen LogP contribution in [0.4, 0.5) is 17.6 Å². The monoisotopic (exact) mass is 566 g/mol. The van der Waals surface area contributed by atoms with Crippen molar-refractivity contribution in [3.63, 3.8) is 0 Å². The largest absolute Gasteiger partial charge is 0.207 e. The minimum absolute atomic E-state index is 0.508. The molecule has 0 saturated carbocycles. The summed E-state index contributed by atoms with van der Waals surface area (Å²) in [6.45, 7) is 0. The summed E-state index contributed by atoms with van der Waals surface area (Å²) in [5.74, 6) is -2.37. The molecule has 0 radical (unpaired) electrons. The third-order valence-corrected chi connectivity index (χ3v) is 9.18. The van der Waals surface area contributed by atoms with Crippen molar-refractivity contribution in [1.82, 2.24) is 0 Å². The molecule has 5 aromatic carbocycles. The molecule has 7 rings (SSSR count). The zero-order valence-electron chi connectivity index (χ0n) is 20.7. The minimum atomic E-state index is -0.593. The second-order valence-electron chi connectivity index (χ2n) is 9.62. The molecule has 0 aliphatic carbocycles. The average Bonchev–Trinajstić information content (AvgIpc) is 3.54. The molecule has 0 unspecified atom stereocenters. The summed E-state index contributed by atoms with van der Waals surface area (Å²) in [5.41, 5.74) is 4.62. The molecule has 0 nitrogen and oxygen atoms in total. The Morgan fingerprint density at radius 1 is 0.325 bits per heavy atom. The lowest BCUT2D eigenvalue weighted by molar-refractivity contribution is 0.583. The Hall–Kier alpha value is -4.26. The van der Waals surface area contributed by atoms with Gasteiger partial charge in [-0.25, -0.2) is 17.6 Å². The van der Waals surface area contributed by atoms with E-state index in [1.165, 1.54) is 33.7 Å². The van der Waals surface area contributed by atoms with E-state index < -0.39 is 23.3 Å². The van der Waals surface area contributed by atoms with Crippen LogP contribution < -0.4 is 0 Å². The standard InChI is InChI=1S/C34H18F4S2/c35-27-9-23(10-28(36)17-27)19-1-5-21(6-2-19)31-13-25-15-34-26(16-33(25)39-31)14-32(40-34)22-7-3-20(4-8-22)24-11-29(37)18-30(38)12-24/h1-18H. The number of hydrogen-bond acceptors (Lipinski definition) is 2. The summed E-state index contributed by atoms with van der Waals surface area (Å²) >= 11 is 3.40. The molecule has 0 saturated heterocycles. The molecule has 0 N–H and O–H groups in total. The molecule has 6 heteroatoms. The van der Waals surface area contributed by atoms with Crippen LogP contribution in [0.3, 0.4) is 0 Å². The van der Waals surface area contributed by atoms with Crippen LogP contribution in [-0.4, -0.2) is 0 Å². The summed E-state index contributed by atoms with van der Waals surface area (Å²) in [6, 6.07) is 31.3. The highest BCUT2D eigenvalue weighted by atomic mass is 32.1. The van der Waals surface area contributed by atoms with Crippen LogP contribution in [0, 0.1) is 23.3 Å². The number of thiophene rings is 2. The molecular formula is C34H18F4S2. The van der Waals surface area contributed by atoms with E-state index >= 15 is 0 Å². The zero-order chi connectivity index (χ0) is 27.4. The zero-order valence-corrected chi connectivity index (χ0v) is 22.4. The summed E-state index contributed by atoms with van der Waals surface area (Å²) in [6.07, 6.45) is 0. The first-order chi connectivity index (χ1) is 19.4. The first kappa shape index (κ1) is 24.8. The number of fused-ring (bicyclic) bond motifs is 2. The van der Waals surface area contributed by atoms with Crippen molar-refractivity contribution in [2.75, 3.05) is 0 Å². The van der Waals surface area contributed by atoms with Crippen LogP contribution in [-0.2, 0) is 0 Å². The summed E-state index contributed by atoms with van der Waals surface area (Å²) in [7, 11) is 0. The van der Waals surface area contributed by atoms with Crippen molar-refractivity contribution in [1.29, 1.82) is 0 Å². The van der Waals surface area contributed by atoms with Crippen LogP contribution in [0.5, 0.6) is 0 Å². The molecule has 0 aliphatic heterocycles. The van der Waals surface area contributed by atoms with Crippen molar-refractivity contribution in [2.24, 2.45) is 0 Å². The van der Waals surface area contributed by atoms with Crippen LogP contribution in [0.15, 0.2) is 109 Å². The molecule has 2 aromatic heterocycles. The van der Waals surface area contributed by atoms with Gasteiger partial charge in [-0.2, -0.15) is 0 Å². The average molecular weight is 567 g/mol. The molecule has 2 heterocycles. The fraction of sp³-hybridized carbons (Fsp3) is 0. The molecule has 40 heavy (non-hydrogen) atoms. The van der Waals surface area contributed by atoms with Crippen molar-refractivity contribution in [2.45, 2.75) is 0 Å². The van der Waals surface area contributed by atoms with Gasteiger partial charge in [-0.05, 0) is 92.7 Å². The number of hydrogen-bond donors (Lipinski definition) is 0. The van der Waals surface area contributed by atoms with Gasteiger partial charge in [-0.1, -0.05) is 48.5 Å². The van der Waals surface area contributed by atoms with Gasteiger partial charge in [0.25, 0.3) is 0 Å². The number of halogens is 4. The van der Waals surface area contributed by atoms with E-state index in [9.17, 15) is 17.6 Å². The molecule has 0 aliphatic rings. The maximum Gasteiger partial charge on any atom is 0.126 e. The Labute approximate surface area is 235 Å². The molecular weight excluding hydrogens is 549 g/mol. The lowest BCUT2D eigenvalue weighted by Crippen LogP contribution is -1.84. The third kappa shape index (κ3) is 4.70. The van der Waals surface area contributed by atoms with E-state index in [-0.39, 0.29) is 0 Å². The van der Waals surface area contributed by atoms with E-state index in [0.29, 0.717) is 11.1 Å². The van der Waals surface area contributed by atoms with Gasteiger partial charge in [0, 0.05) is 31.3 Å². The van der Waals surface area contributed by atoms with Gasteiger partial charge < -0.3 is 0 Å². The Morgan fingerprint density at radius 2 is 0.650 bits per heavy atom. The molecule has 0 spiro atoms. The summed E-state index contributed by atoms with van der Waals surface area (Å²) in [5, 5.41) is 2.31. The summed E-state index contributed by atoms with van der Waals surface area (Å²) in [4.78, 5) is 2.24. The maximum absolute atomic E-state index is 13.6. The van der Waals surface area contributed by atoms with Crippen LogP contribution >= 0.6 is 22.7 Å². The highest BCUT2D eigenvalue weighted by Gasteiger charge is 2.11. The minimum Gasteiger partial charge on any atom is -0.207 e.